The van der Waals surface area contributed by atoms with Crippen molar-refractivity contribution >= 4 is 11.8 Å². The summed E-state index contributed by atoms with van der Waals surface area (Å²) in [6.07, 6.45) is 2.41. The van der Waals surface area contributed by atoms with Crippen LogP contribution in [0.2, 0.25) is 0 Å². The van der Waals surface area contributed by atoms with Gasteiger partial charge in [0.1, 0.15) is 6.04 Å². The Morgan fingerprint density at radius 3 is 2.62 bits per heavy atom. The third kappa shape index (κ3) is 4.81. The second kappa shape index (κ2) is 8.29. The highest BCUT2D eigenvalue weighted by molar-refractivity contribution is 5.97. The summed E-state index contributed by atoms with van der Waals surface area (Å²) in [5, 5.41) is 15.6. The summed E-state index contributed by atoms with van der Waals surface area (Å²) in [6, 6.07) is 6.72. The molecule has 0 bridgehead atoms. The number of carbonyl (C=O) groups excluding carboxylic acids is 2. The van der Waals surface area contributed by atoms with E-state index in [0.717, 1.165) is 24.8 Å². The van der Waals surface area contributed by atoms with Gasteiger partial charge in [-0.05, 0) is 37.8 Å². The minimum Gasteiger partial charge on any atom is -0.393 e. The molecule has 2 amide bonds. The van der Waals surface area contributed by atoms with E-state index in [4.69, 9.17) is 0 Å². The topological polar surface area (TPSA) is 78.4 Å². The minimum atomic E-state index is -0.587. The van der Waals surface area contributed by atoms with Crippen molar-refractivity contribution < 1.29 is 14.7 Å². The predicted octanol–water partition coefficient (Wildman–Crippen LogP) is 2.03. The summed E-state index contributed by atoms with van der Waals surface area (Å²) >= 11 is 0. The molecule has 0 saturated heterocycles. The monoisotopic (exact) mass is 332 g/mol. The Balaban J connectivity index is 1.95. The third-order valence-electron chi connectivity index (χ3n) is 4.67. The van der Waals surface area contributed by atoms with Gasteiger partial charge in [-0.2, -0.15) is 0 Å². The van der Waals surface area contributed by atoms with Crippen LogP contribution < -0.4 is 10.6 Å². The number of aryl methyl sites for hydroxylation is 1. The zero-order valence-electron chi connectivity index (χ0n) is 14.7. The highest BCUT2D eigenvalue weighted by Gasteiger charge is 2.28. The molecule has 1 aromatic carbocycles. The molecule has 0 aromatic heterocycles. The fraction of sp³-hybridized carbons (Fsp3) is 0.579. The van der Waals surface area contributed by atoms with Crippen molar-refractivity contribution in [2.45, 2.75) is 52.2 Å². The summed E-state index contributed by atoms with van der Waals surface area (Å²) in [5.74, 6) is -0.333. The van der Waals surface area contributed by atoms with Crippen LogP contribution in [-0.2, 0) is 4.79 Å². The van der Waals surface area contributed by atoms with Crippen molar-refractivity contribution in [2.24, 2.45) is 11.8 Å². The number of aliphatic hydroxyl groups excluding tert-OH is 1. The quantitative estimate of drug-likeness (QED) is 0.746. The first-order chi connectivity index (χ1) is 11.4. The van der Waals surface area contributed by atoms with Crippen LogP contribution in [0.4, 0.5) is 0 Å². The lowest BCUT2D eigenvalue weighted by atomic mass is 10.0. The van der Waals surface area contributed by atoms with Crippen LogP contribution in [0.25, 0.3) is 0 Å². The first kappa shape index (κ1) is 18.5. The maximum Gasteiger partial charge on any atom is 0.251 e. The van der Waals surface area contributed by atoms with Crippen molar-refractivity contribution in [3.63, 3.8) is 0 Å². The van der Waals surface area contributed by atoms with Crippen LogP contribution in [0.3, 0.4) is 0 Å². The van der Waals surface area contributed by atoms with E-state index in [1.807, 2.05) is 32.9 Å². The molecule has 5 nitrogen and oxygen atoms in total. The zero-order valence-corrected chi connectivity index (χ0v) is 14.7. The van der Waals surface area contributed by atoms with Crippen molar-refractivity contribution in [2.75, 3.05) is 6.54 Å². The second-order valence-electron chi connectivity index (χ2n) is 7.07. The molecule has 132 valence electrons. The van der Waals surface area contributed by atoms with E-state index in [1.165, 1.54) is 0 Å². The van der Waals surface area contributed by atoms with Crippen LogP contribution in [0.15, 0.2) is 24.3 Å². The first-order valence-corrected chi connectivity index (χ1v) is 8.71. The standard InChI is InChI=1S/C19H28N2O3/c1-12(2)17(19(24)20-11-15-8-5-9-16(15)22)21-18(23)14-7-4-6-13(3)10-14/h4,6-7,10,12,15-17,22H,5,8-9,11H2,1-3H3,(H,20,24)(H,21,23). The van der Waals surface area contributed by atoms with Gasteiger partial charge in [0.15, 0.2) is 0 Å². The van der Waals surface area contributed by atoms with E-state index in [9.17, 15) is 14.7 Å². The Morgan fingerprint density at radius 1 is 1.29 bits per heavy atom. The Kier molecular flexibility index (Phi) is 6.37. The summed E-state index contributed by atoms with van der Waals surface area (Å²) < 4.78 is 0. The van der Waals surface area contributed by atoms with Crippen molar-refractivity contribution in [1.29, 1.82) is 0 Å². The van der Waals surface area contributed by atoms with E-state index in [-0.39, 0.29) is 29.8 Å². The molecule has 3 atom stereocenters. The summed E-state index contributed by atoms with van der Waals surface area (Å²) in [4.78, 5) is 24.9. The molecule has 3 N–H and O–H groups in total. The molecule has 1 aliphatic carbocycles. The maximum atomic E-state index is 12.5. The van der Waals surface area contributed by atoms with E-state index in [1.54, 1.807) is 12.1 Å². The third-order valence-corrected chi connectivity index (χ3v) is 4.67. The lowest BCUT2D eigenvalue weighted by Crippen LogP contribution is -2.50. The molecule has 1 aromatic rings. The van der Waals surface area contributed by atoms with E-state index in [0.29, 0.717) is 12.1 Å². The molecule has 1 fully saturated rings. The average molecular weight is 332 g/mol. The van der Waals surface area contributed by atoms with E-state index < -0.39 is 6.04 Å². The molecular formula is C19H28N2O3. The SMILES string of the molecule is Cc1cccc(C(=O)NC(C(=O)NCC2CCCC2O)C(C)C)c1. The van der Waals surface area contributed by atoms with Crippen molar-refractivity contribution in [3.05, 3.63) is 35.4 Å². The summed E-state index contributed by atoms with van der Waals surface area (Å²) in [5.41, 5.74) is 1.56. The predicted molar refractivity (Wildman–Crippen MR) is 93.6 cm³/mol. The summed E-state index contributed by atoms with van der Waals surface area (Å²) in [7, 11) is 0. The Bertz CT molecular complexity index is 586. The Hall–Kier alpha value is -1.88. The van der Waals surface area contributed by atoms with E-state index >= 15 is 0 Å². The van der Waals surface area contributed by atoms with Crippen LogP contribution in [-0.4, -0.2) is 35.6 Å². The minimum absolute atomic E-state index is 0.0211. The number of benzene rings is 1. The number of rotatable bonds is 6. The lowest BCUT2D eigenvalue weighted by Gasteiger charge is -2.23. The van der Waals surface area contributed by atoms with Crippen molar-refractivity contribution in [3.8, 4) is 0 Å². The fourth-order valence-electron chi connectivity index (χ4n) is 3.14. The van der Waals surface area contributed by atoms with E-state index in [2.05, 4.69) is 10.6 Å². The van der Waals surface area contributed by atoms with Gasteiger partial charge in [0.05, 0.1) is 6.10 Å². The zero-order chi connectivity index (χ0) is 17.7. The van der Waals surface area contributed by atoms with Crippen molar-refractivity contribution in [1.82, 2.24) is 10.6 Å². The molecule has 0 aliphatic heterocycles. The Morgan fingerprint density at radius 2 is 2.04 bits per heavy atom. The molecule has 0 radical (unpaired) electrons. The largest absolute Gasteiger partial charge is 0.393 e. The normalized spacial score (nSPS) is 21.5. The molecule has 0 spiro atoms. The van der Waals surface area contributed by atoms with Gasteiger partial charge in [-0.1, -0.05) is 38.0 Å². The molecule has 1 aliphatic rings. The number of hydrogen-bond acceptors (Lipinski definition) is 3. The second-order valence-corrected chi connectivity index (χ2v) is 7.07. The van der Waals surface area contributed by atoms with Gasteiger partial charge in [-0.15, -0.1) is 0 Å². The van der Waals surface area contributed by atoms with Gasteiger partial charge >= 0.3 is 0 Å². The molecular weight excluding hydrogens is 304 g/mol. The fourth-order valence-corrected chi connectivity index (χ4v) is 3.14. The maximum absolute atomic E-state index is 12.5. The van der Waals surface area contributed by atoms with Crippen LogP contribution in [0.1, 0.15) is 49.0 Å². The van der Waals surface area contributed by atoms with Gasteiger partial charge in [-0.25, -0.2) is 0 Å². The molecule has 3 unspecified atom stereocenters. The number of nitrogens with one attached hydrogen (secondary N) is 2. The summed E-state index contributed by atoms with van der Waals surface area (Å²) in [6.45, 7) is 6.20. The van der Waals surface area contributed by atoms with Gasteiger partial charge in [0.25, 0.3) is 5.91 Å². The molecule has 1 saturated carbocycles. The number of carbonyl (C=O) groups is 2. The number of amides is 2. The van der Waals surface area contributed by atoms with Crippen LogP contribution in [0, 0.1) is 18.8 Å². The highest BCUT2D eigenvalue weighted by atomic mass is 16.3. The molecule has 5 heteroatoms. The van der Waals surface area contributed by atoms with Gasteiger partial charge in [0, 0.05) is 18.0 Å². The van der Waals surface area contributed by atoms with Gasteiger partial charge < -0.3 is 15.7 Å². The highest BCUT2D eigenvalue weighted by Crippen LogP contribution is 2.24. The van der Waals surface area contributed by atoms with Gasteiger partial charge in [0.2, 0.25) is 5.91 Å². The molecule has 2 rings (SSSR count). The molecule has 24 heavy (non-hydrogen) atoms. The smallest absolute Gasteiger partial charge is 0.251 e. The van der Waals surface area contributed by atoms with Crippen LogP contribution >= 0.6 is 0 Å². The number of aliphatic hydroxyl groups is 1. The van der Waals surface area contributed by atoms with Gasteiger partial charge in [-0.3, -0.25) is 9.59 Å². The molecule has 0 heterocycles. The van der Waals surface area contributed by atoms with Crippen LogP contribution in [0.5, 0.6) is 0 Å². The lowest BCUT2D eigenvalue weighted by molar-refractivity contribution is -0.124. The Labute approximate surface area is 143 Å². The first-order valence-electron chi connectivity index (χ1n) is 8.71. The number of hydrogen-bond donors (Lipinski definition) is 3. The average Bonchev–Trinajstić information content (AvgIpc) is 2.95.